The van der Waals surface area contributed by atoms with Crippen molar-refractivity contribution in [3.05, 3.63) is 53.6 Å². The third-order valence-electron chi connectivity index (χ3n) is 5.18. The summed E-state index contributed by atoms with van der Waals surface area (Å²) in [5.41, 5.74) is 0.118. The second kappa shape index (κ2) is 7.02. The molecule has 0 unspecified atom stereocenters. The number of aromatic nitrogens is 2. The van der Waals surface area contributed by atoms with Crippen molar-refractivity contribution in [2.75, 3.05) is 6.54 Å². The van der Waals surface area contributed by atoms with Crippen LogP contribution in [0.15, 0.2) is 36.7 Å². The number of benzene rings is 1. The highest BCUT2D eigenvalue weighted by molar-refractivity contribution is 5.81. The van der Waals surface area contributed by atoms with Crippen molar-refractivity contribution < 1.29 is 18.0 Å². The van der Waals surface area contributed by atoms with E-state index in [1.165, 1.54) is 25.0 Å². The Bertz CT molecular complexity index is 805. The van der Waals surface area contributed by atoms with E-state index < -0.39 is 11.7 Å². The average Bonchev–Trinajstić information content (AvgIpc) is 3.54. The maximum atomic E-state index is 12.7. The van der Waals surface area contributed by atoms with Crippen LogP contribution in [-0.2, 0) is 24.1 Å². The Morgan fingerprint density at radius 1 is 1.15 bits per heavy atom. The molecule has 0 aliphatic heterocycles. The fourth-order valence-electron chi connectivity index (χ4n) is 3.24. The number of nitrogens with zero attached hydrogens (tertiary/aromatic N) is 3. The van der Waals surface area contributed by atoms with E-state index in [1.54, 1.807) is 6.20 Å². The van der Waals surface area contributed by atoms with Gasteiger partial charge in [-0.15, -0.1) is 0 Å². The van der Waals surface area contributed by atoms with Gasteiger partial charge < -0.3 is 9.47 Å². The van der Waals surface area contributed by atoms with Gasteiger partial charge in [0, 0.05) is 31.4 Å². The summed E-state index contributed by atoms with van der Waals surface area (Å²) >= 11 is 0. The Hall–Kier alpha value is -2.31. The van der Waals surface area contributed by atoms with Crippen LogP contribution in [0, 0.1) is 11.8 Å². The van der Waals surface area contributed by atoms with Gasteiger partial charge in [-0.05, 0) is 49.3 Å². The van der Waals surface area contributed by atoms with Crippen LogP contribution < -0.4 is 0 Å². The van der Waals surface area contributed by atoms with E-state index in [0.29, 0.717) is 19.0 Å². The molecule has 0 spiro atoms. The molecular weight excluding hydrogens is 355 g/mol. The minimum atomic E-state index is -4.33. The molecule has 1 amide bonds. The SMILES string of the molecule is O=C(C1CC1)N(Cc1nccn1Cc1ccc(C(F)(F)F)cc1)CC1CC1. The van der Waals surface area contributed by atoms with E-state index in [-0.39, 0.29) is 11.8 Å². The lowest BCUT2D eigenvalue weighted by atomic mass is 10.1. The van der Waals surface area contributed by atoms with E-state index in [9.17, 15) is 18.0 Å². The minimum absolute atomic E-state index is 0.169. The summed E-state index contributed by atoms with van der Waals surface area (Å²) in [6.07, 6.45) is 3.45. The molecule has 0 saturated heterocycles. The second-order valence-electron chi connectivity index (χ2n) is 7.60. The first-order valence-electron chi connectivity index (χ1n) is 9.35. The number of alkyl halides is 3. The predicted octanol–water partition coefficient (Wildman–Crippen LogP) is 4.10. The highest BCUT2D eigenvalue weighted by Gasteiger charge is 2.36. The molecule has 0 radical (unpaired) electrons. The van der Waals surface area contributed by atoms with Crippen molar-refractivity contribution in [3.8, 4) is 0 Å². The van der Waals surface area contributed by atoms with Gasteiger partial charge in [0.2, 0.25) is 5.91 Å². The van der Waals surface area contributed by atoms with Crippen molar-refractivity contribution >= 4 is 5.91 Å². The van der Waals surface area contributed by atoms with Crippen molar-refractivity contribution in [3.63, 3.8) is 0 Å². The molecule has 1 heterocycles. The number of hydrogen-bond acceptors (Lipinski definition) is 2. The van der Waals surface area contributed by atoms with Crippen LogP contribution in [0.2, 0.25) is 0 Å². The van der Waals surface area contributed by atoms with Gasteiger partial charge in [-0.3, -0.25) is 4.79 Å². The van der Waals surface area contributed by atoms with Crippen molar-refractivity contribution in [2.24, 2.45) is 11.8 Å². The van der Waals surface area contributed by atoms with Crippen LogP contribution >= 0.6 is 0 Å². The molecule has 0 atom stereocenters. The van der Waals surface area contributed by atoms with Gasteiger partial charge in [-0.25, -0.2) is 4.98 Å². The molecule has 2 aliphatic carbocycles. The normalized spacial score (nSPS) is 17.1. The molecule has 2 fully saturated rings. The van der Waals surface area contributed by atoms with Crippen LogP contribution in [0.3, 0.4) is 0 Å². The molecule has 2 aliphatic rings. The molecule has 2 saturated carbocycles. The number of rotatable bonds is 7. The first-order chi connectivity index (χ1) is 12.9. The third-order valence-corrected chi connectivity index (χ3v) is 5.18. The van der Waals surface area contributed by atoms with Crippen LogP contribution in [0.4, 0.5) is 13.2 Å². The van der Waals surface area contributed by atoms with E-state index >= 15 is 0 Å². The highest BCUT2D eigenvalue weighted by atomic mass is 19.4. The zero-order valence-electron chi connectivity index (χ0n) is 15.0. The first kappa shape index (κ1) is 18.1. The molecule has 27 heavy (non-hydrogen) atoms. The van der Waals surface area contributed by atoms with E-state index in [0.717, 1.165) is 42.9 Å². The molecular formula is C20H22F3N3O. The lowest BCUT2D eigenvalue weighted by molar-refractivity contribution is -0.137. The molecule has 0 bridgehead atoms. The van der Waals surface area contributed by atoms with Gasteiger partial charge in [0.1, 0.15) is 5.82 Å². The maximum Gasteiger partial charge on any atom is 0.416 e. The van der Waals surface area contributed by atoms with Crippen molar-refractivity contribution in [2.45, 2.75) is 44.9 Å². The van der Waals surface area contributed by atoms with Gasteiger partial charge in [0.05, 0.1) is 12.1 Å². The monoisotopic (exact) mass is 377 g/mol. The third kappa shape index (κ3) is 4.51. The number of amides is 1. The Labute approximate surface area is 156 Å². The molecule has 4 nitrogen and oxygen atoms in total. The summed E-state index contributed by atoms with van der Waals surface area (Å²) in [5, 5.41) is 0. The molecule has 2 aromatic rings. The summed E-state index contributed by atoms with van der Waals surface area (Å²) in [4.78, 5) is 18.9. The van der Waals surface area contributed by atoms with Crippen molar-refractivity contribution in [1.29, 1.82) is 0 Å². The Kier molecular flexibility index (Phi) is 4.70. The Balaban J connectivity index is 1.45. The molecule has 1 aromatic heterocycles. The zero-order valence-corrected chi connectivity index (χ0v) is 15.0. The minimum Gasteiger partial charge on any atom is -0.335 e. The van der Waals surface area contributed by atoms with E-state index in [4.69, 9.17) is 0 Å². The van der Waals surface area contributed by atoms with Gasteiger partial charge in [-0.2, -0.15) is 13.2 Å². The topological polar surface area (TPSA) is 38.1 Å². The number of imidazole rings is 1. The molecule has 7 heteroatoms. The number of carbonyl (C=O) groups is 1. The van der Waals surface area contributed by atoms with Gasteiger partial charge in [0.15, 0.2) is 0 Å². The second-order valence-corrected chi connectivity index (χ2v) is 7.60. The van der Waals surface area contributed by atoms with E-state index in [1.807, 2.05) is 15.7 Å². The summed E-state index contributed by atoms with van der Waals surface area (Å²) in [6.45, 7) is 1.67. The van der Waals surface area contributed by atoms with Crippen LogP contribution in [0.25, 0.3) is 0 Å². The fraction of sp³-hybridized carbons (Fsp3) is 0.500. The van der Waals surface area contributed by atoms with Crippen molar-refractivity contribution in [1.82, 2.24) is 14.5 Å². The number of hydrogen-bond donors (Lipinski definition) is 0. The van der Waals surface area contributed by atoms with Gasteiger partial charge in [0.25, 0.3) is 0 Å². The first-order valence-corrected chi connectivity index (χ1v) is 9.35. The summed E-state index contributed by atoms with van der Waals surface area (Å²) in [6, 6.07) is 5.18. The maximum absolute atomic E-state index is 12.7. The van der Waals surface area contributed by atoms with E-state index in [2.05, 4.69) is 4.98 Å². The van der Waals surface area contributed by atoms with Gasteiger partial charge >= 0.3 is 6.18 Å². The van der Waals surface area contributed by atoms with Crippen LogP contribution in [-0.4, -0.2) is 26.9 Å². The number of carbonyl (C=O) groups excluding carboxylic acids is 1. The molecule has 4 rings (SSSR count). The molecule has 1 aromatic carbocycles. The van der Waals surface area contributed by atoms with Crippen LogP contribution in [0.1, 0.15) is 42.6 Å². The Morgan fingerprint density at radius 3 is 2.44 bits per heavy atom. The van der Waals surface area contributed by atoms with Gasteiger partial charge in [-0.1, -0.05) is 12.1 Å². The zero-order chi connectivity index (χ0) is 19.0. The predicted molar refractivity (Wildman–Crippen MR) is 93.6 cm³/mol. The largest absolute Gasteiger partial charge is 0.416 e. The van der Waals surface area contributed by atoms with Crippen LogP contribution in [0.5, 0.6) is 0 Å². The molecule has 144 valence electrons. The molecule has 0 N–H and O–H groups in total. The summed E-state index contributed by atoms with van der Waals surface area (Å²) in [7, 11) is 0. The quantitative estimate of drug-likeness (QED) is 0.729. The Morgan fingerprint density at radius 2 is 1.85 bits per heavy atom. The smallest absolute Gasteiger partial charge is 0.335 e. The standard InChI is InChI=1S/C20H22F3N3O/c21-20(22,23)17-7-3-15(4-8-17)11-25-10-9-24-18(25)13-26(12-14-1-2-14)19(27)16-5-6-16/h3-4,7-10,14,16H,1-2,5-6,11-13H2. The summed E-state index contributed by atoms with van der Waals surface area (Å²) in [5.74, 6) is 1.75. The summed E-state index contributed by atoms with van der Waals surface area (Å²) < 4.78 is 40.0. The average molecular weight is 377 g/mol. The lowest BCUT2D eigenvalue weighted by Gasteiger charge is -2.23. The highest BCUT2D eigenvalue weighted by Crippen LogP contribution is 2.35. The fourth-order valence-corrected chi connectivity index (χ4v) is 3.24. The lowest BCUT2D eigenvalue weighted by Crippen LogP contribution is -2.34. The number of halogens is 3.